The second kappa shape index (κ2) is 8.92. The van der Waals surface area contributed by atoms with Gasteiger partial charge in [0.25, 0.3) is 5.91 Å². The molecule has 2 heterocycles. The number of benzene rings is 1. The SMILES string of the molecule is Cc1c(-c2ccc(O)nc2)c(C(=O)N(C)CC(C)(C)C)n(Cc2ccccc2)c1C(F)(F)F. The number of amides is 1. The maximum atomic E-state index is 14.3. The smallest absolute Gasteiger partial charge is 0.431 e. The molecule has 0 saturated carbocycles. The summed E-state index contributed by atoms with van der Waals surface area (Å²) in [4.78, 5) is 18.9. The van der Waals surface area contributed by atoms with Gasteiger partial charge in [0, 0.05) is 43.5 Å². The Labute approximate surface area is 191 Å². The second-order valence-electron chi connectivity index (χ2n) is 9.39. The van der Waals surface area contributed by atoms with E-state index in [1.54, 1.807) is 37.4 Å². The molecule has 1 N–H and O–H groups in total. The summed E-state index contributed by atoms with van der Waals surface area (Å²) >= 11 is 0. The number of aromatic hydroxyl groups is 1. The molecule has 0 bridgehead atoms. The van der Waals surface area contributed by atoms with E-state index in [0.717, 1.165) is 4.57 Å². The van der Waals surface area contributed by atoms with Crippen LogP contribution < -0.4 is 0 Å². The fraction of sp³-hybridized carbons (Fsp3) is 0.360. The van der Waals surface area contributed by atoms with Gasteiger partial charge in [0.05, 0.1) is 0 Å². The monoisotopic (exact) mass is 459 g/mol. The molecule has 3 rings (SSSR count). The van der Waals surface area contributed by atoms with Crippen molar-refractivity contribution in [2.75, 3.05) is 13.6 Å². The topological polar surface area (TPSA) is 58.4 Å². The van der Waals surface area contributed by atoms with Gasteiger partial charge in [0.1, 0.15) is 11.4 Å². The van der Waals surface area contributed by atoms with E-state index < -0.39 is 17.8 Å². The van der Waals surface area contributed by atoms with Crippen LogP contribution in [0.2, 0.25) is 0 Å². The van der Waals surface area contributed by atoms with Crippen molar-refractivity contribution >= 4 is 5.91 Å². The molecule has 3 aromatic rings. The number of carbonyl (C=O) groups excluding carboxylic acids is 1. The maximum absolute atomic E-state index is 14.3. The number of aromatic nitrogens is 2. The molecule has 0 fully saturated rings. The van der Waals surface area contributed by atoms with Crippen LogP contribution in [0.5, 0.6) is 5.88 Å². The molecular formula is C25H28F3N3O2. The normalized spacial score (nSPS) is 12.1. The Morgan fingerprint density at radius 3 is 2.24 bits per heavy atom. The van der Waals surface area contributed by atoms with E-state index in [1.807, 2.05) is 20.8 Å². The van der Waals surface area contributed by atoms with Gasteiger partial charge in [0.2, 0.25) is 5.88 Å². The van der Waals surface area contributed by atoms with E-state index in [1.165, 1.54) is 30.2 Å². The Morgan fingerprint density at radius 2 is 1.73 bits per heavy atom. The molecule has 1 aromatic carbocycles. The van der Waals surface area contributed by atoms with Crippen molar-refractivity contribution in [2.24, 2.45) is 5.41 Å². The first kappa shape index (κ1) is 24.4. The highest BCUT2D eigenvalue weighted by Crippen LogP contribution is 2.41. The van der Waals surface area contributed by atoms with Crippen LogP contribution in [0.4, 0.5) is 13.2 Å². The Balaban J connectivity index is 2.32. The lowest BCUT2D eigenvalue weighted by molar-refractivity contribution is -0.143. The highest BCUT2D eigenvalue weighted by Gasteiger charge is 2.41. The van der Waals surface area contributed by atoms with Crippen molar-refractivity contribution in [3.63, 3.8) is 0 Å². The van der Waals surface area contributed by atoms with Gasteiger partial charge in [-0.15, -0.1) is 0 Å². The van der Waals surface area contributed by atoms with Gasteiger partial charge >= 0.3 is 6.18 Å². The minimum absolute atomic E-state index is 0.0529. The third kappa shape index (κ3) is 5.38. The molecule has 0 aliphatic rings. The lowest BCUT2D eigenvalue weighted by Crippen LogP contribution is -2.36. The zero-order chi connectivity index (χ0) is 24.6. The molecule has 0 spiro atoms. The zero-order valence-electron chi connectivity index (χ0n) is 19.4. The predicted octanol–water partition coefficient (Wildman–Crippen LogP) is 5.75. The molecule has 0 radical (unpaired) electrons. The quantitative estimate of drug-likeness (QED) is 0.529. The average Bonchev–Trinajstić information content (AvgIpc) is 2.99. The highest BCUT2D eigenvalue weighted by atomic mass is 19.4. The Kier molecular flexibility index (Phi) is 6.58. The number of carbonyl (C=O) groups is 1. The van der Waals surface area contributed by atoms with E-state index in [2.05, 4.69) is 4.98 Å². The first-order valence-electron chi connectivity index (χ1n) is 10.5. The van der Waals surface area contributed by atoms with Crippen LogP contribution >= 0.6 is 0 Å². The summed E-state index contributed by atoms with van der Waals surface area (Å²) < 4.78 is 44.0. The van der Waals surface area contributed by atoms with Gasteiger partial charge in [-0.2, -0.15) is 13.2 Å². The summed E-state index contributed by atoms with van der Waals surface area (Å²) in [5, 5.41) is 9.58. The molecule has 176 valence electrons. The first-order chi connectivity index (χ1) is 15.3. The summed E-state index contributed by atoms with van der Waals surface area (Å²) in [6.45, 7) is 7.47. The van der Waals surface area contributed by atoms with E-state index >= 15 is 0 Å². The van der Waals surface area contributed by atoms with Crippen LogP contribution in [0.1, 0.15) is 48.1 Å². The van der Waals surface area contributed by atoms with E-state index in [-0.39, 0.29) is 34.7 Å². The first-order valence-corrected chi connectivity index (χ1v) is 10.5. The van der Waals surface area contributed by atoms with Crippen LogP contribution in [0.15, 0.2) is 48.7 Å². The molecule has 0 saturated heterocycles. The summed E-state index contributed by atoms with van der Waals surface area (Å²) in [5.41, 5.74) is -0.0977. The summed E-state index contributed by atoms with van der Waals surface area (Å²) in [6.07, 6.45) is -3.40. The summed E-state index contributed by atoms with van der Waals surface area (Å²) in [6, 6.07) is 11.5. The molecule has 0 atom stereocenters. The lowest BCUT2D eigenvalue weighted by Gasteiger charge is -2.27. The second-order valence-corrected chi connectivity index (χ2v) is 9.39. The Morgan fingerprint density at radius 1 is 1.09 bits per heavy atom. The van der Waals surface area contributed by atoms with Gasteiger partial charge in [-0.3, -0.25) is 4.79 Å². The molecule has 0 unspecified atom stereocenters. The highest BCUT2D eigenvalue weighted by molar-refractivity contribution is 6.01. The summed E-state index contributed by atoms with van der Waals surface area (Å²) in [5.74, 6) is -0.767. The third-order valence-corrected chi connectivity index (χ3v) is 5.26. The van der Waals surface area contributed by atoms with Crippen molar-refractivity contribution < 1.29 is 23.1 Å². The third-order valence-electron chi connectivity index (χ3n) is 5.26. The number of halogens is 3. The van der Waals surface area contributed by atoms with Crippen LogP contribution in [-0.2, 0) is 12.7 Å². The van der Waals surface area contributed by atoms with Crippen LogP contribution in [0.3, 0.4) is 0 Å². The molecule has 1 amide bonds. The molecule has 2 aromatic heterocycles. The van der Waals surface area contributed by atoms with Gasteiger partial charge in [-0.1, -0.05) is 51.1 Å². The Hall–Kier alpha value is -3.29. The van der Waals surface area contributed by atoms with Crippen molar-refractivity contribution in [1.82, 2.24) is 14.5 Å². The van der Waals surface area contributed by atoms with Crippen LogP contribution in [0.25, 0.3) is 11.1 Å². The number of rotatable bonds is 5. The summed E-state index contributed by atoms with van der Waals surface area (Å²) in [7, 11) is 1.59. The van der Waals surface area contributed by atoms with Gasteiger partial charge in [-0.25, -0.2) is 4.98 Å². The molecule has 5 nitrogen and oxygen atoms in total. The van der Waals surface area contributed by atoms with Gasteiger partial charge < -0.3 is 14.6 Å². The number of alkyl halides is 3. The fourth-order valence-electron chi connectivity index (χ4n) is 4.11. The average molecular weight is 460 g/mol. The predicted molar refractivity (Wildman–Crippen MR) is 121 cm³/mol. The minimum Gasteiger partial charge on any atom is -0.493 e. The van der Waals surface area contributed by atoms with E-state index in [0.29, 0.717) is 17.7 Å². The van der Waals surface area contributed by atoms with Gasteiger partial charge in [0.15, 0.2) is 0 Å². The minimum atomic E-state index is -4.68. The molecular weight excluding hydrogens is 431 g/mol. The number of hydrogen-bond donors (Lipinski definition) is 1. The van der Waals surface area contributed by atoms with Crippen LogP contribution in [-0.4, -0.2) is 39.1 Å². The largest absolute Gasteiger partial charge is 0.493 e. The number of nitrogens with zero attached hydrogens (tertiary/aromatic N) is 3. The van der Waals surface area contributed by atoms with Crippen molar-refractivity contribution in [2.45, 2.75) is 40.4 Å². The molecule has 33 heavy (non-hydrogen) atoms. The van der Waals surface area contributed by atoms with Crippen molar-refractivity contribution in [1.29, 1.82) is 0 Å². The van der Waals surface area contributed by atoms with Crippen molar-refractivity contribution in [3.8, 4) is 17.0 Å². The molecule has 0 aliphatic carbocycles. The maximum Gasteiger partial charge on any atom is 0.431 e. The van der Waals surface area contributed by atoms with Crippen LogP contribution in [0, 0.1) is 12.3 Å². The zero-order valence-corrected chi connectivity index (χ0v) is 19.4. The number of pyridine rings is 1. The van der Waals surface area contributed by atoms with E-state index in [4.69, 9.17) is 0 Å². The lowest BCUT2D eigenvalue weighted by atomic mass is 9.95. The molecule has 8 heteroatoms. The van der Waals surface area contributed by atoms with Crippen molar-refractivity contribution in [3.05, 3.63) is 71.2 Å². The van der Waals surface area contributed by atoms with Gasteiger partial charge in [-0.05, 0) is 29.5 Å². The molecule has 0 aliphatic heterocycles. The Bertz CT molecular complexity index is 1130. The number of hydrogen-bond acceptors (Lipinski definition) is 3. The van der Waals surface area contributed by atoms with E-state index in [9.17, 15) is 23.1 Å². The fourth-order valence-corrected chi connectivity index (χ4v) is 4.11. The standard InChI is InChI=1S/C25H28F3N3O2/c1-16-20(18-11-12-19(32)29-13-18)21(23(33)30(5)15-24(2,3)4)31(22(16)25(26,27)28)14-17-9-7-6-8-10-17/h6-13H,14-15H2,1-5H3,(H,29,32).